The van der Waals surface area contributed by atoms with Crippen LogP contribution in [0.25, 0.3) is 11.1 Å². The molecule has 0 spiro atoms. The molecule has 1 unspecified atom stereocenters. The molecule has 0 aliphatic carbocycles. The lowest BCUT2D eigenvalue weighted by atomic mass is 9.99. The number of anilines is 1. The molecule has 2 atom stereocenters. The van der Waals surface area contributed by atoms with Crippen LogP contribution in [0.1, 0.15) is 46.2 Å². The quantitative estimate of drug-likeness (QED) is 0.353. The molecule has 2 amide bonds. The second-order valence-corrected chi connectivity index (χ2v) is 11.2. The molecule has 3 aliphatic rings. The summed E-state index contributed by atoms with van der Waals surface area (Å²) < 4.78 is 23.5. The van der Waals surface area contributed by atoms with E-state index in [1.165, 1.54) is 22.3 Å². The minimum Gasteiger partial charge on any atom is -0.489 e. The van der Waals surface area contributed by atoms with Crippen LogP contribution in [0.5, 0.6) is 5.75 Å². The van der Waals surface area contributed by atoms with Gasteiger partial charge in [-0.25, -0.2) is 14.4 Å². The van der Waals surface area contributed by atoms with Gasteiger partial charge in [-0.1, -0.05) is 12.1 Å². The zero-order valence-electron chi connectivity index (χ0n) is 21.6. The largest absolute Gasteiger partial charge is 0.489 e. The van der Waals surface area contributed by atoms with E-state index >= 15 is 4.39 Å². The Morgan fingerprint density at radius 3 is 2.85 bits per heavy atom. The van der Waals surface area contributed by atoms with Gasteiger partial charge in [-0.2, -0.15) is 0 Å². The van der Waals surface area contributed by atoms with E-state index in [0.717, 1.165) is 55.9 Å². The molecule has 1 fully saturated rings. The zero-order valence-corrected chi connectivity index (χ0v) is 22.4. The average Bonchev–Trinajstić information content (AvgIpc) is 3.78. The molecule has 3 aliphatic heterocycles. The second-order valence-electron chi connectivity index (χ2n) is 10.3. The lowest BCUT2D eigenvalue weighted by molar-refractivity contribution is -0.121. The number of amides is 2. The Morgan fingerprint density at radius 2 is 2.08 bits per heavy atom. The van der Waals surface area contributed by atoms with Crippen LogP contribution in [0.2, 0.25) is 0 Å². The van der Waals surface area contributed by atoms with Crippen molar-refractivity contribution in [3.8, 4) is 16.9 Å². The number of aryl methyl sites for hydroxylation is 1. The third kappa shape index (κ3) is 4.44. The molecule has 7 rings (SSSR count). The number of halogens is 1. The van der Waals surface area contributed by atoms with E-state index in [4.69, 9.17) is 4.74 Å². The highest BCUT2D eigenvalue weighted by Gasteiger charge is 2.42. The molecule has 2 aromatic carbocycles. The summed E-state index contributed by atoms with van der Waals surface area (Å²) in [5, 5.41) is 8.29. The average molecular weight is 559 g/mol. The molecule has 5 heterocycles. The third-order valence-electron chi connectivity index (χ3n) is 7.79. The van der Waals surface area contributed by atoms with Crippen LogP contribution in [-0.2, 0) is 24.3 Å². The highest BCUT2D eigenvalue weighted by Crippen LogP contribution is 2.38. The maximum Gasteiger partial charge on any atom is 0.255 e. The van der Waals surface area contributed by atoms with Crippen molar-refractivity contribution in [2.75, 3.05) is 18.4 Å². The number of hydrogen-bond donors (Lipinski definition) is 2. The summed E-state index contributed by atoms with van der Waals surface area (Å²) in [6.07, 6.45) is 6.12. The monoisotopic (exact) mass is 558 g/mol. The molecule has 9 nitrogen and oxygen atoms in total. The molecule has 0 radical (unpaired) electrons. The Labute approximate surface area is 234 Å². The van der Waals surface area contributed by atoms with E-state index in [0.29, 0.717) is 16.4 Å². The van der Waals surface area contributed by atoms with E-state index in [1.54, 1.807) is 24.0 Å². The number of benzene rings is 2. The van der Waals surface area contributed by atoms with Gasteiger partial charge in [0.2, 0.25) is 0 Å². The third-order valence-corrected chi connectivity index (χ3v) is 8.48. The van der Waals surface area contributed by atoms with Gasteiger partial charge in [0.05, 0.1) is 18.6 Å². The van der Waals surface area contributed by atoms with Crippen LogP contribution in [0.4, 0.5) is 9.52 Å². The minimum atomic E-state index is -1.01. The van der Waals surface area contributed by atoms with Gasteiger partial charge in [-0.3, -0.25) is 14.9 Å². The van der Waals surface area contributed by atoms with Crippen LogP contribution in [0, 0.1) is 5.82 Å². The summed E-state index contributed by atoms with van der Waals surface area (Å²) in [5.41, 5.74) is 3.36. The number of carbonyl (C=O) groups is 2. The molecular formula is C29H27FN6O3S. The van der Waals surface area contributed by atoms with Crippen molar-refractivity contribution in [1.29, 1.82) is 0 Å². The fourth-order valence-corrected chi connectivity index (χ4v) is 6.34. The van der Waals surface area contributed by atoms with Crippen molar-refractivity contribution in [2.24, 2.45) is 0 Å². The fraction of sp³-hybridized carbons (Fsp3) is 0.310. The van der Waals surface area contributed by atoms with E-state index in [2.05, 4.69) is 20.6 Å². The number of nitrogens with zero attached hydrogens (tertiary/aromatic N) is 4. The number of hydrogen-bond acceptors (Lipinski definition) is 7. The first-order valence-corrected chi connectivity index (χ1v) is 14.3. The first-order chi connectivity index (χ1) is 19.5. The van der Waals surface area contributed by atoms with Gasteiger partial charge in [-0.05, 0) is 61.2 Å². The summed E-state index contributed by atoms with van der Waals surface area (Å²) in [4.78, 5) is 37.6. The number of nitrogens with one attached hydrogen (secondary N) is 2. The summed E-state index contributed by atoms with van der Waals surface area (Å²) in [5.74, 6) is -0.542. The molecule has 2 N–H and O–H groups in total. The highest BCUT2D eigenvalue weighted by atomic mass is 32.1. The van der Waals surface area contributed by atoms with Gasteiger partial charge in [0.1, 0.15) is 17.7 Å². The van der Waals surface area contributed by atoms with Gasteiger partial charge in [0, 0.05) is 41.5 Å². The standard InChI is InChI=1S/C29H27FN6O3S/c30-23-13-18(17-3-5-19(6-4-17)39-20-7-8-31-14-20)12-21-22(23)15-36(28(21)38)26(27(37)34-29-32-9-11-40-29)25-24-2-1-10-35(24)16-33-25/h3-6,9,11-13,16,20,26,31H,1-2,7-8,10,14-15H2,(H,32,34,37)/t20-,26?/m0/s1. The van der Waals surface area contributed by atoms with Crippen molar-refractivity contribution in [3.05, 3.63) is 82.6 Å². The normalized spacial score (nSPS) is 18.6. The molecule has 11 heteroatoms. The number of imidazole rings is 1. The molecular weight excluding hydrogens is 531 g/mol. The van der Waals surface area contributed by atoms with E-state index in [9.17, 15) is 9.59 Å². The summed E-state index contributed by atoms with van der Waals surface area (Å²) in [7, 11) is 0. The minimum absolute atomic E-state index is 0.0231. The van der Waals surface area contributed by atoms with Crippen LogP contribution in [0.3, 0.4) is 0 Å². The van der Waals surface area contributed by atoms with Gasteiger partial charge in [0.25, 0.3) is 11.8 Å². The molecule has 2 aromatic heterocycles. The second kappa shape index (κ2) is 10.1. The maximum absolute atomic E-state index is 15.5. The first kappa shape index (κ1) is 24.9. The number of carbonyl (C=O) groups excluding carboxylic acids is 2. The Balaban J connectivity index is 1.19. The molecule has 4 aromatic rings. The van der Waals surface area contributed by atoms with Crippen molar-refractivity contribution in [2.45, 2.75) is 44.5 Å². The van der Waals surface area contributed by atoms with E-state index < -0.39 is 23.7 Å². The van der Waals surface area contributed by atoms with E-state index in [1.807, 2.05) is 28.8 Å². The maximum atomic E-state index is 15.5. The van der Waals surface area contributed by atoms with Gasteiger partial charge < -0.3 is 19.5 Å². The van der Waals surface area contributed by atoms with Crippen molar-refractivity contribution in [3.63, 3.8) is 0 Å². The summed E-state index contributed by atoms with van der Waals surface area (Å²) in [6.45, 7) is 2.56. The molecule has 40 heavy (non-hydrogen) atoms. The predicted octanol–water partition coefficient (Wildman–Crippen LogP) is 4.17. The lowest BCUT2D eigenvalue weighted by Gasteiger charge is -2.26. The fourth-order valence-electron chi connectivity index (χ4n) is 5.81. The van der Waals surface area contributed by atoms with Crippen LogP contribution >= 0.6 is 11.3 Å². The smallest absolute Gasteiger partial charge is 0.255 e. The Hall–Kier alpha value is -4.09. The summed E-state index contributed by atoms with van der Waals surface area (Å²) >= 11 is 1.29. The van der Waals surface area contributed by atoms with Gasteiger partial charge >= 0.3 is 0 Å². The number of aromatic nitrogens is 3. The van der Waals surface area contributed by atoms with Crippen molar-refractivity contribution >= 4 is 28.3 Å². The number of ether oxygens (including phenoxy) is 1. The number of thiazole rings is 1. The predicted molar refractivity (Wildman–Crippen MR) is 148 cm³/mol. The van der Waals surface area contributed by atoms with Gasteiger partial charge in [-0.15, -0.1) is 11.3 Å². The van der Waals surface area contributed by atoms with E-state index in [-0.39, 0.29) is 23.8 Å². The molecule has 0 bridgehead atoms. The van der Waals surface area contributed by atoms with Crippen molar-refractivity contribution in [1.82, 2.24) is 24.8 Å². The first-order valence-electron chi connectivity index (χ1n) is 13.4. The zero-order chi connectivity index (χ0) is 27.2. The van der Waals surface area contributed by atoms with Crippen LogP contribution in [0.15, 0.2) is 54.3 Å². The molecule has 204 valence electrons. The number of fused-ring (bicyclic) bond motifs is 2. The van der Waals surface area contributed by atoms with Crippen LogP contribution < -0.4 is 15.4 Å². The number of rotatable bonds is 7. The highest BCUT2D eigenvalue weighted by molar-refractivity contribution is 7.13. The Kier molecular flexibility index (Phi) is 6.32. The van der Waals surface area contributed by atoms with Crippen molar-refractivity contribution < 1.29 is 18.7 Å². The van der Waals surface area contributed by atoms with Crippen LogP contribution in [-0.4, -0.2) is 50.4 Å². The topological polar surface area (TPSA) is 101 Å². The van der Waals surface area contributed by atoms with Gasteiger partial charge in [0.15, 0.2) is 11.2 Å². The molecule has 1 saturated heterocycles. The molecule has 0 saturated carbocycles. The lowest BCUT2D eigenvalue weighted by Crippen LogP contribution is -2.38. The SMILES string of the molecule is O=C(Nc1nccs1)C(c1ncn2c1CCC2)N1Cc2c(F)cc(-c3ccc(O[C@H]4CCNC4)cc3)cc2C1=O. The Morgan fingerprint density at radius 1 is 1.20 bits per heavy atom. The summed E-state index contributed by atoms with van der Waals surface area (Å²) in [6, 6.07) is 9.62. The Bertz CT molecular complexity index is 1580.